The maximum Gasteiger partial charge on any atom is 0.232 e. The summed E-state index contributed by atoms with van der Waals surface area (Å²) in [6, 6.07) is 0. The van der Waals surface area contributed by atoms with Gasteiger partial charge in [0.1, 0.15) is 0 Å². The molecule has 0 radical (unpaired) electrons. The van der Waals surface area contributed by atoms with Gasteiger partial charge in [-0.15, -0.1) is 0 Å². The van der Waals surface area contributed by atoms with E-state index in [4.69, 9.17) is 5.11 Å². The molecule has 0 aromatic carbocycles. The van der Waals surface area contributed by atoms with Crippen LogP contribution in [0.25, 0.3) is 0 Å². The van der Waals surface area contributed by atoms with E-state index in [-0.39, 0.29) is 23.2 Å². The summed E-state index contributed by atoms with van der Waals surface area (Å²) in [4.78, 5) is 11.7. The molecule has 0 aromatic rings. The summed E-state index contributed by atoms with van der Waals surface area (Å²) in [5, 5.41) is 12.1. The van der Waals surface area contributed by atoms with Crippen molar-refractivity contribution in [2.75, 3.05) is 19.4 Å². The van der Waals surface area contributed by atoms with Gasteiger partial charge in [0, 0.05) is 13.2 Å². The van der Waals surface area contributed by atoms with Gasteiger partial charge in [0.15, 0.2) is 0 Å². The summed E-state index contributed by atoms with van der Waals surface area (Å²) in [6.45, 7) is 7.00. The maximum absolute atomic E-state index is 11.7. The van der Waals surface area contributed by atoms with E-state index in [9.17, 15) is 4.79 Å². The average molecular weight is 247 g/mol. The number of carbonyl (C=O) groups excluding carboxylic acids is 1. The zero-order valence-corrected chi connectivity index (χ0v) is 11.7. The van der Waals surface area contributed by atoms with Crippen molar-refractivity contribution in [3.05, 3.63) is 0 Å². The average Bonchev–Trinajstić information content (AvgIpc) is 2.33. The van der Waals surface area contributed by atoms with Crippen molar-refractivity contribution in [1.82, 2.24) is 5.32 Å². The van der Waals surface area contributed by atoms with Crippen LogP contribution in [0.4, 0.5) is 0 Å². The molecule has 0 spiro atoms. The fourth-order valence-electron chi connectivity index (χ4n) is 1.70. The summed E-state index contributed by atoms with van der Waals surface area (Å²) >= 11 is 1.55. The van der Waals surface area contributed by atoms with Gasteiger partial charge in [0.05, 0.1) is 5.25 Å². The van der Waals surface area contributed by atoms with Crippen molar-refractivity contribution in [2.45, 2.75) is 45.3 Å². The van der Waals surface area contributed by atoms with Crippen LogP contribution in [0.2, 0.25) is 0 Å². The third kappa shape index (κ3) is 4.74. The molecule has 3 nitrogen and oxygen atoms in total. The molecule has 1 unspecified atom stereocenters. The Kier molecular flexibility index (Phi) is 7.85. The zero-order chi connectivity index (χ0) is 12.6. The second-order valence-corrected chi connectivity index (χ2v) is 5.45. The number of thioether (sulfide) groups is 1. The van der Waals surface area contributed by atoms with Crippen LogP contribution < -0.4 is 5.32 Å². The molecule has 0 aliphatic heterocycles. The van der Waals surface area contributed by atoms with Crippen LogP contribution in [0, 0.1) is 5.41 Å². The number of aliphatic hydroxyl groups is 1. The molecule has 96 valence electrons. The van der Waals surface area contributed by atoms with Gasteiger partial charge in [-0.2, -0.15) is 11.8 Å². The second-order valence-electron chi connectivity index (χ2n) is 4.28. The molecule has 2 N–H and O–H groups in total. The van der Waals surface area contributed by atoms with Crippen LogP contribution in [0.5, 0.6) is 0 Å². The van der Waals surface area contributed by atoms with E-state index in [0.717, 1.165) is 19.3 Å². The summed E-state index contributed by atoms with van der Waals surface area (Å²) in [5.41, 5.74) is 0.0581. The van der Waals surface area contributed by atoms with E-state index in [2.05, 4.69) is 19.2 Å². The van der Waals surface area contributed by atoms with Crippen LogP contribution in [-0.4, -0.2) is 35.7 Å². The van der Waals surface area contributed by atoms with E-state index in [0.29, 0.717) is 6.54 Å². The second kappa shape index (κ2) is 7.96. The molecule has 0 rings (SSSR count). The number of rotatable bonds is 8. The first kappa shape index (κ1) is 15.8. The van der Waals surface area contributed by atoms with Gasteiger partial charge in [0.25, 0.3) is 0 Å². The van der Waals surface area contributed by atoms with Gasteiger partial charge in [-0.3, -0.25) is 4.79 Å². The molecule has 0 bridgehead atoms. The number of amides is 1. The topological polar surface area (TPSA) is 49.3 Å². The predicted octanol–water partition coefficient (Wildman–Crippen LogP) is 2.04. The summed E-state index contributed by atoms with van der Waals surface area (Å²) in [5.74, 6) is 0.0942. The highest BCUT2D eigenvalue weighted by Crippen LogP contribution is 2.29. The lowest BCUT2D eigenvalue weighted by molar-refractivity contribution is -0.120. The van der Waals surface area contributed by atoms with Crippen molar-refractivity contribution in [3.8, 4) is 0 Å². The van der Waals surface area contributed by atoms with Crippen LogP contribution >= 0.6 is 11.8 Å². The Bertz CT molecular complexity index is 205. The van der Waals surface area contributed by atoms with Gasteiger partial charge >= 0.3 is 0 Å². The highest BCUT2D eigenvalue weighted by Gasteiger charge is 2.26. The smallest absolute Gasteiger partial charge is 0.232 e. The Morgan fingerprint density at radius 2 is 2.00 bits per heavy atom. The molecule has 0 aliphatic carbocycles. The van der Waals surface area contributed by atoms with E-state index >= 15 is 0 Å². The lowest BCUT2D eigenvalue weighted by atomic mass is 9.79. The molecule has 0 saturated carbocycles. The number of aliphatic hydroxyl groups excluding tert-OH is 1. The van der Waals surface area contributed by atoms with E-state index < -0.39 is 0 Å². The highest BCUT2D eigenvalue weighted by atomic mass is 32.2. The normalized spacial score (nSPS) is 13.6. The molecule has 0 aliphatic rings. The van der Waals surface area contributed by atoms with Crippen LogP contribution in [-0.2, 0) is 4.79 Å². The first-order chi connectivity index (χ1) is 7.55. The Hall–Kier alpha value is -0.220. The minimum atomic E-state index is 0.000499. The standard InChI is InChI=1S/C12H25NO2S/c1-5-12(6-2,7-8-14)9-13-11(15)10(3)16-4/h10,14H,5-9H2,1-4H3,(H,13,15). The lowest BCUT2D eigenvalue weighted by Crippen LogP contribution is -2.40. The third-order valence-electron chi connectivity index (χ3n) is 3.50. The number of hydrogen-bond donors (Lipinski definition) is 2. The van der Waals surface area contributed by atoms with Crippen LogP contribution in [0.3, 0.4) is 0 Å². The van der Waals surface area contributed by atoms with Crippen molar-refractivity contribution in [2.24, 2.45) is 5.41 Å². The van der Waals surface area contributed by atoms with Gasteiger partial charge in [-0.1, -0.05) is 13.8 Å². The van der Waals surface area contributed by atoms with Crippen molar-refractivity contribution in [1.29, 1.82) is 0 Å². The Labute approximate surface area is 103 Å². The van der Waals surface area contributed by atoms with Crippen LogP contribution in [0.15, 0.2) is 0 Å². The molecular formula is C12H25NO2S. The highest BCUT2D eigenvalue weighted by molar-refractivity contribution is 7.99. The van der Waals surface area contributed by atoms with Gasteiger partial charge in [-0.25, -0.2) is 0 Å². The Morgan fingerprint density at radius 1 is 1.44 bits per heavy atom. The molecule has 16 heavy (non-hydrogen) atoms. The molecule has 0 aromatic heterocycles. The van der Waals surface area contributed by atoms with Crippen molar-refractivity contribution >= 4 is 17.7 Å². The third-order valence-corrected chi connectivity index (χ3v) is 4.42. The molecule has 4 heteroatoms. The monoisotopic (exact) mass is 247 g/mol. The zero-order valence-electron chi connectivity index (χ0n) is 10.9. The fraction of sp³-hybridized carbons (Fsp3) is 0.917. The fourth-order valence-corrected chi connectivity index (χ4v) is 2.00. The minimum Gasteiger partial charge on any atom is -0.396 e. The molecule has 0 heterocycles. The first-order valence-corrected chi connectivity index (χ1v) is 7.25. The Morgan fingerprint density at radius 3 is 2.38 bits per heavy atom. The molecule has 0 saturated heterocycles. The van der Waals surface area contributed by atoms with E-state index in [1.165, 1.54) is 0 Å². The van der Waals surface area contributed by atoms with Gasteiger partial charge < -0.3 is 10.4 Å². The molecule has 1 atom stereocenters. The molecule has 0 fully saturated rings. The number of hydrogen-bond acceptors (Lipinski definition) is 3. The summed E-state index contributed by atoms with van der Waals surface area (Å²) in [7, 11) is 0. The van der Waals surface area contributed by atoms with E-state index in [1.807, 2.05) is 13.2 Å². The Balaban J connectivity index is 4.26. The van der Waals surface area contributed by atoms with Gasteiger partial charge in [-0.05, 0) is 37.9 Å². The number of carbonyl (C=O) groups is 1. The molecular weight excluding hydrogens is 222 g/mol. The largest absolute Gasteiger partial charge is 0.396 e. The number of nitrogens with one attached hydrogen (secondary N) is 1. The first-order valence-electron chi connectivity index (χ1n) is 5.96. The van der Waals surface area contributed by atoms with E-state index in [1.54, 1.807) is 11.8 Å². The lowest BCUT2D eigenvalue weighted by Gasteiger charge is -2.31. The molecule has 1 amide bonds. The minimum absolute atomic E-state index is 0.000499. The van der Waals surface area contributed by atoms with Crippen molar-refractivity contribution < 1.29 is 9.90 Å². The van der Waals surface area contributed by atoms with Crippen LogP contribution in [0.1, 0.15) is 40.0 Å². The van der Waals surface area contributed by atoms with Gasteiger partial charge in [0.2, 0.25) is 5.91 Å². The maximum atomic E-state index is 11.7. The summed E-state index contributed by atoms with van der Waals surface area (Å²) < 4.78 is 0. The summed E-state index contributed by atoms with van der Waals surface area (Å²) in [6.07, 6.45) is 4.66. The predicted molar refractivity (Wildman–Crippen MR) is 70.7 cm³/mol. The van der Waals surface area contributed by atoms with Crippen molar-refractivity contribution in [3.63, 3.8) is 0 Å². The quantitative estimate of drug-likeness (QED) is 0.690. The SMILES string of the molecule is CCC(CC)(CCO)CNC(=O)C(C)SC.